The van der Waals surface area contributed by atoms with Gasteiger partial charge in [-0.1, -0.05) is 0 Å². The van der Waals surface area contributed by atoms with E-state index in [9.17, 15) is 4.79 Å². The third-order valence-electron chi connectivity index (χ3n) is 5.83. The molecule has 2 aliphatic rings. The summed E-state index contributed by atoms with van der Waals surface area (Å²) in [5.74, 6) is 0.998. The van der Waals surface area contributed by atoms with Gasteiger partial charge in [-0.25, -0.2) is 0 Å². The van der Waals surface area contributed by atoms with Crippen LogP contribution < -0.4 is 10.6 Å². The number of nitrogens with one attached hydrogen (secondary N) is 2. The number of hydrogen-bond donors (Lipinski definition) is 2. The SMILES string of the molecule is CN=C(NCC1(N(C)C)CCOCC1)N1CCN(CC(=O)NCCOC)CC1.I. The molecule has 0 bridgehead atoms. The highest BCUT2D eigenvalue weighted by molar-refractivity contribution is 14.0. The molecule has 2 fully saturated rings. The second kappa shape index (κ2) is 13.6. The van der Waals surface area contributed by atoms with Gasteiger partial charge in [0.1, 0.15) is 0 Å². The van der Waals surface area contributed by atoms with Crippen LogP contribution in [0.3, 0.4) is 0 Å². The molecule has 0 aliphatic carbocycles. The van der Waals surface area contributed by atoms with Crippen molar-refractivity contribution in [3.8, 4) is 0 Å². The number of aliphatic imine (C=N–C) groups is 1. The highest BCUT2D eigenvalue weighted by Crippen LogP contribution is 2.25. The minimum Gasteiger partial charge on any atom is -0.383 e. The summed E-state index contributed by atoms with van der Waals surface area (Å²) in [5.41, 5.74) is 0.107. The monoisotopic (exact) mass is 526 g/mol. The van der Waals surface area contributed by atoms with E-state index < -0.39 is 0 Å². The van der Waals surface area contributed by atoms with E-state index in [1.165, 1.54) is 0 Å². The van der Waals surface area contributed by atoms with Crippen molar-refractivity contribution in [1.82, 2.24) is 25.3 Å². The minimum atomic E-state index is 0. The Morgan fingerprint density at radius 3 is 2.38 bits per heavy atom. The van der Waals surface area contributed by atoms with Crippen molar-refractivity contribution in [2.24, 2.45) is 4.99 Å². The maximum atomic E-state index is 12.0. The van der Waals surface area contributed by atoms with Gasteiger partial charge in [0.15, 0.2) is 5.96 Å². The molecule has 0 aromatic rings. The highest BCUT2D eigenvalue weighted by atomic mass is 127. The topological polar surface area (TPSA) is 81.7 Å². The maximum absolute atomic E-state index is 12.0. The molecular weight excluding hydrogens is 487 g/mol. The molecule has 2 aliphatic heterocycles. The van der Waals surface area contributed by atoms with Gasteiger partial charge in [-0.2, -0.15) is 0 Å². The molecule has 9 nitrogen and oxygen atoms in total. The van der Waals surface area contributed by atoms with E-state index in [4.69, 9.17) is 9.47 Å². The van der Waals surface area contributed by atoms with Crippen LogP contribution in [0.25, 0.3) is 0 Å². The fourth-order valence-electron chi connectivity index (χ4n) is 3.78. The Balaban J connectivity index is 0.00000420. The zero-order chi connectivity index (χ0) is 20.4. The van der Waals surface area contributed by atoms with Gasteiger partial charge >= 0.3 is 0 Å². The molecule has 0 radical (unpaired) electrons. The molecule has 0 atom stereocenters. The van der Waals surface area contributed by atoms with Crippen molar-refractivity contribution in [3.63, 3.8) is 0 Å². The Bertz CT molecular complexity index is 506. The first kappa shape index (κ1) is 26.3. The number of carbonyl (C=O) groups excluding carboxylic acids is 1. The maximum Gasteiger partial charge on any atom is 0.234 e. The number of guanidine groups is 1. The van der Waals surface area contributed by atoms with Crippen LogP contribution in [0.4, 0.5) is 0 Å². The summed E-state index contributed by atoms with van der Waals surface area (Å²) in [4.78, 5) is 23.2. The number of piperazine rings is 1. The first-order chi connectivity index (χ1) is 13.5. The summed E-state index contributed by atoms with van der Waals surface area (Å²) in [7, 11) is 7.76. The molecule has 2 saturated heterocycles. The summed E-state index contributed by atoms with van der Waals surface area (Å²) < 4.78 is 10.5. The first-order valence-corrected chi connectivity index (χ1v) is 10.2. The van der Waals surface area contributed by atoms with E-state index in [0.717, 1.165) is 64.7 Å². The van der Waals surface area contributed by atoms with Crippen molar-refractivity contribution >= 4 is 35.8 Å². The highest BCUT2D eigenvalue weighted by Gasteiger charge is 2.35. The third-order valence-corrected chi connectivity index (χ3v) is 5.83. The average molecular weight is 526 g/mol. The number of likely N-dealkylation sites (N-methyl/N-ethyl adjacent to an activating group) is 1. The molecule has 2 rings (SSSR count). The van der Waals surface area contributed by atoms with E-state index in [0.29, 0.717) is 19.7 Å². The molecule has 170 valence electrons. The van der Waals surface area contributed by atoms with E-state index >= 15 is 0 Å². The lowest BCUT2D eigenvalue weighted by molar-refractivity contribution is -0.122. The van der Waals surface area contributed by atoms with Gasteiger partial charge in [-0.3, -0.25) is 14.7 Å². The van der Waals surface area contributed by atoms with Crippen molar-refractivity contribution in [2.75, 3.05) is 93.9 Å². The predicted octanol–water partition coefficient (Wildman–Crippen LogP) is -0.329. The van der Waals surface area contributed by atoms with Gasteiger partial charge in [-0.05, 0) is 26.9 Å². The normalized spacial score (nSPS) is 20.3. The smallest absolute Gasteiger partial charge is 0.234 e. The lowest BCUT2D eigenvalue weighted by Gasteiger charge is -2.44. The summed E-state index contributed by atoms with van der Waals surface area (Å²) in [6.07, 6.45) is 2.05. The van der Waals surface area contributed by atoms with Crippen LogP contribution in [-0.4, -0.2) is 126 Å². The van der Waals surface area contributed by atoms with Crippen LogP contribution in [-0.2, 0) is 14.3 Å². The molecule has 10 heteroatoms. The number of rotatable bonds is 8. The molecule has 0 saturated carbocycles. The predicted molar refractivity (Wildman–Crippen MR) is 126 cm³/mol. The number of hydrogen-bond acceptors (Lipinski definition) is 6. The van der Waals surface area contributed by atoms with Crippen molar-refractivity contribution in [1.29, 1.82) is 0 Å². The zero-order valence-electron chi connectivity index (χ0n) is 18.4. The van der Waals surface area contributed by atoms with Crippen LogP contribution >= 0.6 is 24.0 Å². The number of carbonyl (C=O) groups is 1. The van der Waals surface area contributed by atoms with Crippen LogP contribution in [0.15, 0.2) is 4.99 Å². The Hall–Kier alpha value is -0.690. The standard InChI is InChI=1S/C19H38N6O3.HI/c1-20-18(22-16-19(23(2)3)5-12-28-13-6-19)25-10-8-24(9-11-25)15-17(26)21-7-14-27-4;/h5-16H2,1-4H3,(H,20,22)(H,21,26);1H. The number of ether oxygens (including phenoxy) is 2. The second-order valence-electron chi connectivity index (χ2n) is 7.74. The summed E-state index contributed by atoms with van der Waals surface area (Å²) in [6, 6.07) is 0. The number of methoxy groups -OCH3 is 1. The van der Waals surface area contributed by atoms with Gasteiger partial charge in [0.05, 0.1) is 13.2 Å². The van der Waals surface area contributed by atoms with Crippen LogP contribution in [0.1, 0.15) is 12.8 Å². The van der Waals surface area contributed by atoms with Crippen LogP contribution in [0.5, 0.6) is 0 Å². The molecule has 0 aromatic carbocycles. The lowest BCUT2D eigenvalue weighted by Crippen LogP contribution is -2.59. The Kier molecular flexibility index (Phi) is 12.3. The summed E-state index contributed by atoms with van der Waals surface area (Å²) in [5, 5.41) is 6.47. The molecule has 2 heterocycles. The molecule has 0 spiro atoms. The van der Waals surface area contributed by atoms with E-state index in [2.05, 4.69) is 44.4 Å². The summed E-state index contributed by atoms with van der Waals surface area (Å²) >= 11 is 0. The fraction of sp³-hybridized carbons (Fsp3) is 0.895. The number of halogens is 1. The van der Waals surface area contributed by atoms with E-state index in [-0.39, 0.29) is 35.4 Å². The third kappa shape index (κ3) is 8.16. The van der Waals surface area contributed by atoms with Crippen LogP contribution in [0.2, 0.25) is 0 Å². The molecule has 1 amide bonds. The van der Waals surface area contributed by atoms with Crippen LogP contribution in [0, 0.1) is 0 Å². The van der Waals surface area contributed by atoms with Crippen molar-refractivity contribution in [3.05, 3.63) is 0 Å². The lowest BCUT2D eigenvalue weighted by atomic mass is 9.88. The number of nitrogens with zero attached hydrogens (tertiary/aromatic N) is 4. The molecule has 29 heavy (non-hydrogen) atoms. The average Bonchev–Trinajstić information content (AvgIpc) is 2.70. The molecular formula is C19H39IN6O3. The largest absolute Gasteiger partial charge is 0.383 e. The van der Waals surface area contributed by atoms with Crippen molar-refractivity contribution < 1.29 is 14.3 Å². The van der Waals surface area contributed by atoms with Gasteiger partial charge in [0, 0.05) is 72.2 Å². The second-order valence-corrected chi connectivity index (χ2v) is 7.74. The number of amides is 1. The fourth-order valence-corrected chi connectivity index (χ4v) is 3.78. The van der Waals surface area contributed by atoms with E-state index in [1.54, 1.807) is 7.11 Å². The van der Waals surface area contributed by atoms with Crippen molar-refractivity contribution in [2.45, 2.75) is 18.4 Å². The minimum absolute atomic E-state index is 0. The van der Waals surface area contributed by atoms with Gasteiger partial charge in [0.25, 0.3) is 0 Å². The molecule has 0 aromatic heterocycles. The first-order valence-electron chi connectivity index (χ1n) is 10.2. The summed E-state index contributed by atoms with van der Waals surface area (Å²) in [6.45, 7) is 7.45. The quantitative estimate of drug-likeness (QED) is 0.194. The van der Waals surface area contributed by atoms with Gasteiger partial charge < -0.3 is 29.9 Å². The van der Waals surface area contributed by atoms with Gasteiger partial charge in [0.2, 0.25) is 5.91 Å². The Morgan fingerprint density at radius 2 is 1.83 bits per heavy atom. The Labute approximate surface area is 192 Å². The molecule has 2 N–H and O–H groups in total. The molecule has 0 unspecified atom stereocenters. The zero-order valence-corrected chi connectivity index (χ0v) is 20.7. The van der Waals surface area contributed by atoms with Gasteiger partial charge in [-0.15, -0.1) is 24.0 Å². The van der Waals surface area contributed by atoms with E-state index in [1.807, 2.05) is 7.05 Å². The Morgan fingerprint density at radius 1 is 1.17 bits per heavy atom.